The minimum Gasteiger partial charge on any atom is -0.466 e. The monoisotopic (exact) mass is 1100 g/mol. The van der Waals surface area contributed by atoms with E-state index < -0.39 is 12.1 Å². The molecule has 78 heavy (non-hydrogen) atoms. The molecule has 460 valence electrons. The fourth-order valence-corrected chi connectivity index (χ4v) is 11.0. The van der Waals surface area contributed by atoms with E-state index in [0.717, 1.165) is 51.4 Å². The lowest BCUT2D eigenvalue weighted by Crippen LogP contribution is -2.45. The maximum atomic E-state index is 12.5. The third-order valence-corrected chi connectivity index (χ3v) is 16.4. The smallest absolute Gasteiger partial charge is 0.305 e. The molecule has 0 radical (unpaired) electrons. The Kier molecular flexibility index (Phi) is 65.9. The molecular weight excluding hydrogens is 959 g/mol. The van der Waals surface area contributed by atoms with Crippen molar-refractivity contribution in [3.8, 4) is 0 Å². The van der Waals surface area contributed by atoms with Crippen LogP contribution in [0.4, 0.5) is 0 Å². The lowest BCUT2D eigenvalue weighted by Gasteiger charge is -2.22. The normalized spacial score (nSPS) is 12.7. The molecule has 0 aromatic heterocycles. The Balaban J connectivity index is 3.40. The second-order valence-electron chi connectivity index (χ2n) is 24.2. The van der Waals surface area contributed by atoms with Gasteiger partial charge >= 0.3 is 5.97 Å². The van der Waals surface area contributed by atoms with Crippen LogP contribution in [0.2, 0.25) is 0 Å². The summed E-state index contributed by atoms with van der Waals surface area (Å²) in [6.45, 7) is 4.97. The van der Waals surface area contributed by atoms with E-state index in [4.69, 9.17) is 4.74 Å². The highest BCUT2D eigenvalue weighted by atomic mass is 16.5. The number of carbonyl (C=O) groups excluding carboxylic acids is 2. The Hall–Kier alpha value is -1.92. The van der Waals surface area contributed by atoms with E-state index in [9.17, 15) is 19.8 Å². The van der Waals surface area contributed by atoms with Crippen LogP contribution in [0.25, 0.3) is 0 Å². The first-order chi connectivity index (χ1) is 38.5. The number of allylic oxidation sites excluding steroid dienone is 6. The molecule has 0 saturated carbocycles. The van der Waals surface area contributed by atoms with Gasteiger partial charge in [-0.25, -0.2) is 0 Å². The van der Waals surface area contributed by atoms with Crippen LogP contribution < -0.4 is 5.32 Å². The highest BCUT2D eigenvalue weighted by Crippen LogP contribution is 2.18. The number of rotatable bonds is 66. The first kappa shape index (κ1) is 76.1. The Morgan fingerprint density at radius 2 is 0.641 bits per heavy atom. The maximum Gasteiger partial charge on any atom is 0.305 e. The van der Waals surface area contributed by atoms with Crippen molar-refractivity contribution in [2.45, 2.75) is 398 Å². The molecule has 6 nitrogen and oxygen atoms in total. The van der Waals surface area contributed by atoms with Gasteiger partial charge in [-0.3, -0.25) is 9.59 Å². The van der Waals surface area contributed by atoms with Crippen molar-refractivity contribution < 1.29 is 24.5 Å². The number of hydrogen-bond acceptors (Lipinski definition) is 5. The van der Waals surface area contributed by atoms with Gasteiger partial charge in [-0.15, -0.1) is 0 Å². The van der Waals surface area contributed by atoms with Crippen LogP contribution in [0, 0.1) is 0 Å². The Bertz CT molecular complexity index is 1260. The number of ether oxygens (including phenoxy) is 1. The van der Waals surface area contributed by atoms with Crippen LogP contribution in [0.15, 0.2) is 36.5 Å². The fourth-order valence-electron chi connectivity index (χ4n) is 11.0. The molecule has 0 fully saturated rings. The van der Waals surface area contributed by atoms with E-state index in [0.29, 0.717) is 25.9 Å². The molecule has 0 rings (SSSR count). The average Bonchev–Trinajstić information content (AvgIpc) is 3.44. The van der Waals surface area contributed by atoms with Crippen molar-refractivity contribution in [1.29, 1.82) is 0 Å². The molecule has 2 atom stereocenters. The molecule has 1 amide bonds. The van der Waals surface area contributed by atoms with Gasteiger partial charge in [0.15, 0.2) is 0 Å². The highest BCUT2D eigenvalue weighted by molar-refractivity contribution is 5.76. The lowest BCUT2D eigenvalue weighted by atomic mass is 10.0. The molecule has 0 bridgehead atoms. The average molecular weight is 1100 g/mol. The molecule has 0 aliphatic carbocycles. The van der Waals surface area contributed by atoms with Crippen molar-refractivity contribution >= 4 is 11.9 Å². The molecular formula is C72H137NO5. The number of carbonyl (C=O) groups is 2. The molecule has 0 aliphatic heterocycles. The molecule has 0 aliphatic rings. The molecule has 0 spiro atoms. The van der Waals surface area contributed by atoms with Gasteiger partial charge in [0, 0.05) is 12.8 Å². The minimum atomic E-state index is -0.667. The van der Waals surface area contributed by atoms with Gasteiger partial charge in [0.1, 0.15) is 0 Å². The van der Waals surface area contributed by atoms with Crippen LogP contribution in [0.3, 0.4) is 0 Å². The summed E-state index contributed by atoms with van der Waals surface area (Å²) in [6.07, 6.45) is 86.2. The second kappa shape index (κ2) is 67.6. The molecule has 2 unspecified atom stereocenters. The zero-order valence-electron chi connectivity index (χ0n) is 52.7. The largest absolute Gasteiger partial charge is 0.466 e. The van der Waals surface area contributed by atoms with Crippen molar-refractivity contribution in [3.05, 3.63) is 36.5 Å². The van der Waals surface area contributed by atoms with E-state index >= 15 is 0 Å². The molecule has 0 aromatic rings. The summed E-state index contributed by atoms with van der Waals surface area (Å²) in [5, 5.41) is 23.3. The van der Waals surface area contributed by atoms with E-state index in [-0.39, 0.29) is 18.5 Å². The van der Waals surface area contributed by atoms with Crippen LogP contribution in [-0.2, 0) is 14.3 Å². The van der Waals surface area contributed by atoms with Crippen molar-refractivity contribution in [2.24, 2.45) is 0 Å². The predicted octanol–water partition coefficient (Wildman–Crippen LogP) is 22.7. The lowest BCUT2D eigenvalue weighted by molar-refractivity contribution is -0.143. The number of unbranched alkanes of at least 4 members (excludes halogenated alkanes) is 49. The number of amides is 1. The molecule has 0 aromatic carbocycles. The van der Waals surface area contributed by atoms with Gasteiger partial charge in [-0.05, 0) is 83.5 Å². The third-order valence-electron chi connectivity index (χ3n) is 16.4. The van der Waals surface area contributed by atoms with E-state index in [1.54, 1.807) is 0 Å². The van der Waals surface area contributed by atoms with Gasteiger partial charge in [0.2, 0.25) is 5.91 Å². The summed E-state index contributed by atoms with van der Waals surface area (Å²) >= 11 is 0. The highest BCUT2D eigenvalue weighted by Gasteiger charge is 2.20. The third kappa shape index (κ3) is 63.3. The Morgan fingerprint density at radius 3 is 0.987 bits per heavy atom. The van der Waals surface area contributed by atoms with Crippen LogP contribution in [0.1, 0.15) is 386 Å². The minimum absolute atomic E-state index is 0.0107. The zero-order chi connectivity index (χ0) is 56.4. The first-order valence-corrected chi connectivity index (χ1v) is 35.2. The predicted molar refractivity (Wildman–Crippen MR) is 343 cm³/mol. The molecule has 0 saturated heterocycles. The topological polar surface area (TPSA) is 95.9 Å². The van der Waals surface area contributed by atoms with Gasteiger partial charge < -0.3 is 20.3 Å². The SMILES string of the molecule is CCCCCCCC/C=C\CCCCCCCCCCCC(=O)OCCCCCCCCCCC/C=C\C/C=C\CCCCCCCCCCCCCC(=O)NC(CO)C(O)CCCCCCCCCCCCCCCCC. The molecule has 0 heterocycles. The molecule has 3 N–H and O–H groups in total. The van der Waals surface area contributed by atoms with Gasteiger partial charge in [0.05, 0.1) is 25.4 Å². The van der Waals surface area contributed by atoms with Crippen molar-refractivity contribution in [2.75, 3.05) is 13.2 Å². The van der Waals surface area contributed by atoms with Gasteiger partial charge in [-0.2, -0.15) is 0 Å². The summed E-state index contributed by atoms with van der Waals surface area (Å²) in [7, 11) is 0. The number of esters is 1. The Labute approximate surface area is 487 Å². The number of hydrogen-bond donors (Lipinski definition) is 3. The summed E-state index contributed by atoms with van der Waals surface area (Å²) < 4.78 is 5.50. The van der Waals surface area contributed by atoms with E-state index in [2.05, 4.69) is 55.6 Å². The number of aliphatic hydroxyl groups excluding tert-OH is 2. The van der Waals surface area contributed by atoms with Crippen LogP contribution in [0.5, 0.6) is 0 Å². The Morgan fingerprint density at radius 1 is 0.359 bits per heavy atom. The standard InChI is InChI=1S/C72H137NO5/c1-3-5-7-9-11-13-15-17-19-20-30-34-38-42-46-50-54-58-62-66-72(77)78-67-63-59-55-51-47-43-39-35-32-29-27-25-23-21-22-24-26-28-31-33-37-41-45-49-53-57-61-65-71(76)73-69(68-74)70(75)64-60-56-52-48-44-40-36-18-16-14-12-10-8-6-4-2/h17,19,21-22,25,27,69-70,74-75H,3-16,18,20,23-24,26,28-68H2,1-2H3,(H,73,76)/b19-17-,22-21-,27-25-. The number of aliphatic hydroxyl groups is 2. The summed E-state index contributed by atoms with van der Waals surface area (Å²) in [5.41, 5.74) is 0. The van der Waals surface area contributed by atoms with E-state index in [1.165, 1.54) is 302 Å². The number of nitrogens with one attached hydrogen (secondary N) is 1. The van der Waals surface area contributed by atoms with Crippen molar-refractivity contribution in [1.82, 2.24) is 5.32 Å². The van der Waals surface area contributed by atoms with E-state index in [1.807, 2.05) is 0 Å². The van der Waals surface area contributed by atoms with Crippen molar-refractivity contribution in [3.63, 3.8) is 0 Å². The summed E-state index contributed by atoms with van der Waals surface area (Å²) in [6, 6.07) is -0.544. The van der Waals surface area contributed by atoms with Crippen LogP contribution >= 0.6 is 0 Å². The first-order valence-electron chi connectivity index (χ1n) is 35.2. The van der Waals surface area contributed by atoms with Gasteiger partial charge in [-0.1, -0.05) is 326 Å². The molecule has 6 heteroatoms. The summed E-state index contributed by atoms with van der Waals surface area (Å²) in [4.78, 5) is 24.6. The zero-order valence-corrected chi connectivity index (χ0v) is 52.7. The quantitative estimate of drug-likeness (QED) is 0.0320. The van der Waals surface area contributed by atoms with Crippen LogP contribution in [-0.4, -0.2) is 47.4 Å². The fraction of sp³-hybridized carbons (Fsp3) is 0.889. The maximum absolute atomic E-state index is 12.5. The summed E-state index contributed by atoms with van der Waals surface area (Å²) in [5.74, 6) is -0.0252. The second-order valence-corrected chi connectivity index (χ2v) is 24.2. The van der Waals surface area contributed by atoms with Gasteiger partial charge in [0.25, 0.3) is 0 Å².